The number of hydrogen-bond donors (Lipinski definition) is 0. The molecule has 92 valence electrons. The number of carbonyl (C=O) groups is 1. The lowest BCUT2D eigenvalue weighted by atomic mass is 10.1. The molecule has 0 saturated carbocycles. The highest BCUT2D eigenvalue weighted by Crippen LogP contribution is 2.14. The topological polar surface area (TPSA) is 62.7 Å². The Kier molecular flexibility index (Phi) is 6.41. The minimum absolute atomic E-state index is 0.149. The van der Waals surface area contributed by atoms with Crippen molar-refractivity contribution in [2.75, 3.05) is 0 Å². The molecule has 1 unspecified atom stereocenters. The van der Waals surface area contributed by atoms with Crippen LogP contribution in [0.2, 0.25) is 19.6 Å². The molecule has 0 fully saturated rings. The first kappa shape index (κ1) is 15.2. The first-order valence-corrected chi connectivity index (χ1v) is 9.13. The van der Waals surface area contributed by atoms with Gasteiger partial charge in [0.15, 0.2) is 14.4 Å². The molecular formula is C11H22N2O2Si. The second-order valence-corrected chi connectivity index (χ2v) is 9.36. The Morgan fingerprint density at radius 1 is 1.44 bits per heavy atom. The van der Waals surface area contributed by atoms with Gasteiger partial charge in [0, 0.05) is 6.92 Å². The molecule has 0 radical (unpaired) electrons. The molecule has 0 N–H and O–H groups in total. The predicted octanol–water partition coefficient (Wildman–Crippen LogP) is 2.66. The van der Waals surface area contributed by atoms with E-state index in [0.717, 1.165) is 19.3 Å². The summed E-state index contributed by atoms with van der Waals surface area (Å²) in [6.07, 6.45) is 2.37. The normalized spacial score (nSPS) is 13.1. The number of nitrogens with zero attached hydrogens (tertiary/aromatic N) is 2. The summed E-state index contributed by atoms with van der Waals surface area (Å²) in [5, 5.41) is 0. The van der Waals surface area contributed by atoms with Gasteiger partial charge in [0.05, 0.1) is 0 Å². The maximum atomic E-state index is 11.3. The Morgan fingerprint density at radius 3 is 2.31 bits per heavy atom. The van der Waals surface area contributed by atoms with Crippen LogP contribution in [0.1, 0.15) is 33.1 Å². The summed E-state index contributed by atoms with van der Waals surface area (Å²) in [6, 6.07) is 0. The quantitative estimate of drug-likeness (QED) is 0.298. The van der Waals surface area contributed by atoms with Crippen molar-refractivity contribution in [3.8, 4) is 0 Å². The zero-order valence-corrected chi connectivity index (χ0v) is 11.9. The molecule has 5 heteroatoms. The second-order valence-electron chi connectivity index (χ2n) is 4.90. The average Bonchev–Trinajstić information content (AvgIpc) is 2.12. The fraction of sp³-hybridized carbons (Fsp3) is 0.818. The third kappa shape index (κ3) is 5.95. The first-order chi connectivity index (χ1) is 7.31. The van der Waals surface area contributed by atoms with Gasteiger partial charge in [-0.1, -0.05) is 19.8 Å². The van der Waals surface area contributed by atoms with Gasteiger partial charge in [-0.05, 0) is 26.1 Å². The molecule has 0 aromatic carbocycles. The fourth-order valence-electron chi connectivity index (χ4n) is 1.43. The van der Waals surface area contributed by atoms with Gasteiger partial charge in [-0.3, -0.25) is 4.79 Å². The molecule has 0 spiro atoms. The Hall–Kier alpha value is -0.773. The summed E-state index contributed by atoms with van der Waals surface area (Å²) in [4.78, 5) is 14.4. The molecule has 0 aliphatic heterocycles. The molecular weight excluding hydrogens is 220 g/mol. The first-order valence-electron chi connectivity index (χ1n) is 5.72. The molecule has 0 aliphatic carbocycles. The number of carbonyl (C=O) groups excluding carboxylic acids is 1. The fourth-order valence-corrected chi connectivity index (χ4v) is 2.51. The van der Waals surface area contributed by atoms with Gasteiger partial charge < -0.3 is 9.96 Å². The molecule has 0 heterocycles. The van der Waals surface area contributed by atoms with E-state index in [-0.39, 0.29) is 17.6 Å². The number of ketones is 1. The monoisotopic (exact) mass is 242 g/mol. The van der Waals surface area contributed by atoms with Gasteiger partial charge >= 0.3 is 5.71 Å². The molecule has 0 bridgehead atoms. The van der Waals surface area contributed by atoms with Crippen LogP contribution >= 0.6 is 0 Å². The number of rotatable bonds is 7. The Balaban J connectivity index is 4.78. The summed E-state index contributed by atoms with van der Waals surface area (Å²) in [5.41, 5.74) is 9.01. The van der Waals surface area contributed by atoms with E-state index in [4.69, 9.17) is 9.96 Å². The van der Waals surface area contributed by atoms with E-state index in [1.54, 1.807) is 0 Å². The van der Waals surface area contributed by atoms with Crippen molar-refractivity contribution < 1.29 is 14.0 Å². The maximum absolute atomic E-state index is 11.3. The van der Waals surface area contributed by atoms with Crippen molar-refractivity contribution in [3.05, 3.63) is 5.53 Å². The largest absolute Gasteiger partial charge is 0.404 e. The van der Waals surface area contributed by atoms with Crippen molar-refractivity contribution in [3.63, 3.8) is 0 Å². The zero-order valence-electron chi connectivity index (χ0n) is 10.9. The minimum atomic E-state index is -1.74. The molecule has 1 atom stereocenters. The summed E-state index contributed by atoms with van der Waals surface area (Å²) in [6.45, 7) is 9.65. The second kappa shape index (κ2) is 6.73. The average molecular weight is 242 g/mol. The number of Topliss-reactive ketones (excluding diaryl/α,β-unsaturated/α-hetero) is 1. The van der Waals surface area contributed by atoms with Crippen LogP contribution in [0.15, 0.2) is 0 Å². The van der Waals surface area contributed by atoms with E-state index in [1.165, 1.54) is 6.92 Å². The van der Waals surface area contributed by atoms with E-state index >= 15 is 0 Å². The minimum Gasteiger partial charge on any atom is -0.404 e. The van der Waals surface area contributed by atoms with Crippen LogP contribution in [0.3, 0.4) is 0 Å². The SMILES string of the molecule is CCCCC(O[Si](C)(C)C)C(=[N+]=[N-])C(C)=O. The van der Waals surface area contributed by atoms with Crippen LogP contribution < -0.4 is 0 Å². The van der Waals surface area contributed by atoms with Crippen LogP contribution in [0.4, 0.5) is 0 Å². The summed E-state index contributed by atoms with van der Waals surface area (Å²) >= 11 is 0. The van der Waals surface area contributed by atoms with Gasteiger partial charge in [0.1, 0.15) is 0 Å². The van der Waals surface area contributed by atoms with E-state index < -0.39 is 8.32 Å². The van der Waals surface area contributed by atoms with Crippen LogP contribution in [0.5, 0.6) is 0 Å². The third-order valence-electron chi connectivity index (χ3n) is 2.09. The summed E-state index contributed by atoms with van der Waals surface area (Å²) in [5.74, 6) is -0.221. The summed E-state index contributed by atoms with van der Waals surface area (Å²) in [7, 11) is -1.74. The van der Waals surface area contributed by atoms with Crippen LogP contribution in [0, 0.1) is 0 Å². The number of unbranched alkanes of at least 4 members (excludes halogenated alkanes) is 1. The predicted molar refractivity (Wildman–Crippen MR) is 67.1 cm³/mol. The summed E-state index contributed by atoms with van der Waals surface area (Å²) < 4.78 is 5.88. The van der Waals surface area contributed by atoms with Gasteiger partial charge in [-0.25, -0.2) is 0 Å². The van der Waals surface area contributed by atoms with Crippen molar-refractivity contribution in [1.82, 2.24) is 0 Å². The maximum Gasteiger partial charge on any atom is 0.361 e. The highest BCUT2D eigenvalue weighted by atomic mass is 28.4. The van der Waals surface area contributed by atoms with Gasteiger partial charge in [-0.2, -0.15) is 4.79 Å². The smallest absolute Gasteiger partial charge is 0.361 e. The lowest BCUT2D eigenvalue weighted by Crippen LogP contribution is -2.39. The van der Waals surface area contributed by atoms with E-state index in [9.17, 15) is 4.79 Å². The molecule has 0 rings (SSSR count). The Morgan fingerprint density at radius 2 is 2.00 bits per heavy atom. The van der Waals surface area contributed by atoms with Gasteiger partial charge in [0.2, 0.25) is 5.78 Å². The molecule has 0 aliphatic rings. The van der Waals surface area contributed by atoms with E-state index in [2.05, 4.69) is 31.4 Å². The molecule has 4 nitrogen and oxygen atoms in total. The molecule has 0 aromatic heterocycles. The highest BCUT2D eigenvalue weighted by Gasteiger charge is 2.32. The van der Waals surface area contributed by atoms with E-state index in [0.29, 0.717) is 0 Å². The van der Waals surface area contributed by atoms with E-state index in [1.807, 2.05) is 0 Å². The molecule has 0 amide bonds. The standard InChI is InChI=1S/C11H22N2O2Si/c1-6-7-8-10(15-16(3,4)5)11(13-12)9(2)14/h10H,6-8H2,1-5H3. The van der Waals surface area contributed by atoms with Crippen molar-refractivity contribution in [2.45, 2.75) is 58.9 Å². The number of hydrogen-bond acceptors (Lipinski definition) is 2. The van der Waals surface area contributed by atoms with Crippen molar-refractivity contribution >= 4 is 19.8 Å². The molecule has 16 heavy (non-hydrogen) atoms. The molecule has 0 saturated heterocycles. The van der Waals surface area contributed by atoms with Crippen LogP contribution in [0.25, 0.3) is 5.53 Å². The van der Waals surface area contributed by atoms with Gasteiger partial charge in [-0.15, -0.1) is 0 Å². The van der Waals surface area contributed by atoms with Gasteiger partial charge in [0.25, 0.3) is 0 Å². The van der Waals surface area contributed by atoms with Crippen LogP contribution in [-0.4, -0.2) is 30.7 Å². The lowest BCUT2D eigenvalue weighted by molar-refractivity contribution is -0.116. The van der Waals surface area contributed by atoms with Crippen molar-refractivity contribution in [2.24, 2.45) is 0 Å². The molecule has 0 aromatic rings. The Bertz CT molecular complexity index is 291. The van der Waals surface area contributed by atoms with Crippen molar-refractivity contribution in [1.29, 1.82) is 0 Å². The lowest BCUT2D eigenvalue weighted by Gasteiger charge is -2.22. The van der Waals surface area contributed by atoms with Crippen LogP contribution in [-0.2, 0) is 9.22 Å². The third-order valence-corrected chi connectivity index (χ3v) is 3.08. The highest BCUT2D eigenvalue weighted by molar-refractivity contribution is 6.70. The zero-order chi connectivity index (χ0) is 12.8. The Labute approximate surface area is 98.8 Å².